The quantitative estimate of drug-likeness (QED) is 0.492. The van der Waals surface area contributed by atoms with Crippen LogP contribution in [0.2, 0.25) is 0 Å². The number of benzene rings is 3. The molecule has 24 heavy (non-hydrogen) atoms. The Morgan fingerprint density at radius 2 is 0.583 bits per heavy atom. The first-order valence-electron chi connectivity index (χ1n) is 7.54. The molecule has 3 aromatic carbocycles. The second-order valence-electron chi connectivity index (χ2n) is 5.32. The average Bonchev–Trinajstić information content (AvgIpc) is 2.62. The Bertz CT molecular complexity index is 861. The van der Waals surface area contributed by atoms with Crippen LogP contribution in [0.15, 0.2) is 72.8 Å². The maximum absolute atomic E-state index is 5.66. The molecule has 2 nitrogen and oxygen atoms in total. The van der Waals surface area contributed by atoms with Crippen molar-refractivity contribution in [3.8, 4) is 23.7 Å². The van der Waals surface area contributed by atoms with E-state index in [-0.39, 0.29) is 0 Å². The van der Waals surface area contributed by atoms with Crippen LogP contribution in [-0.2, 0) is 0 Å². The Kier molecular flexibility index (Phi) is 4.52. The van der Waals surface area contributed by atoms with E-state index in [1.165, 1.54) is 0 Å². The van der Waals surface area contributed by atoms with E-state index in [1.54, 1.807) is 0 Å². The highest BCUT2D eigenvalue weighted by molar-refractivity contribution is 5.50. The second-order valence-corrected chi connectivity index (χ2v) is 5.32. The van der Waals surface area contributed by atoms with Crippen LogP contribution >= 0.6 is 0 Å². The highest BCUT2D eigenvalue weighted by Crippen LogP contribution is 2.07. The lowest BCUT2D eigenvalue weighted by atomic mass is 10.1. The van der Waals surface area contributed by atoms with Gasteiger partial charge in [-0.3, -0.25) is 0 Å². The lowest BCUT2D eigenvalue weighted by Crippen LogP contribution is -1.84. The minimum atomic E-state index is 0.740. The van der Waals surface area contributed by atoms with Gasteiger partial charge in [-0.15, -0.1) is 0 Å². The van der Waals surface area contributed by atoms with Gasteiger partial charge < -0.3 is 11.5 Å². The van der Waals surface area contributed by atoms with Crippen LogP contribution in [0.25, 0.3) is 0 Å². The summed E-state index contributed by atoms with van der Waals surface area (Å²) >= 11 is 0. The van der Waals surface area contributed by atoms with E-state index in [0.29, 0.717) is 0 Å². The molecule has 3 rings (SSSR count). The zero-order chi connectivity index (χ0) is 16.8. The maximum atomic E-state index is 5.66. The monoisotopic (exact) mass is 308 g/mol. The van der Waals surface area contributed by atoms with Gasteiger partial charge in [-0.25, -0.2) is 0 Å². The van der Waals surface area contributed by atoms with Gasteiger partial charge in [0.15, 0.2) is 0 Å². The first kappa shape index (κ1) is 15.3. The lowest BCUT2D eigenvalue weighted by molar-refractivity contribution is 1.58. The van der Waals surface area contributed by atoms with Crippen molar-refractivity contribution < 1.29 is 0 Å². The van der Waals surface area contributed by atoms with Crippen molar-refractivity contribution in [2.75, 3.05) is 11.5 Å². The molecule has 0 saturated heterocycles. The highest BCUT2D eigenvalue weighted by atomic mass is 14.5. The first-order chi connectivity index (χ1) is 11.7. The second kappa shape index (κ2) is 7.09. The normalized spacial score (nSPS) is 9.33. The van der Waals surface area contributed by atoms with Crippen molar-refractivity contribution in [1.29, 1.82) is 0 Å². The SMILES string of the molecule is Nc1ccc(C#Cc2ccc(C#Cc3ccc(N)cc3)cc2)cc1. The summed E-state index contributed by atoms with van der Waals surface area (Å²) in [4.78, 5) is 0. The summed E-state index contributed by atoms with van der Waals surface area (Å²) in [6.07, 6.45) is 0. The summed E-state index contributed by atoms with van der Waals surface area (Å²) < 4.78 is 0. The number of nitrogens with two attached hydrogens (primary N) is 2. The third kappa shape index (κ3) is 4.19. The Hall–Kier alpha value is -3.62. The zero-order valence-electron chi connectivity index (χ0n) is 13.1. The Morgan fingerprint density at radius 3 is 0.833 bits per heavy atom. The van der Waals surface area contributed by atoms with Crippen molar-refractivity contribution in [3.05, 3.63) is 95.1 Å². The molecular weight excluding hydrogens is 292 g/mol. The number of rotatable bonds is 0. The van der Waals surface area contributed by atoms with Gasteiger partial charge in [0.25, 0.3) is 0 Å². The van der Waals surface area contributed by atoms with Gasteiger partial charge in [0.1, 0.15) is 0 Å². The van der Waals surface area contributed by atoms with Crippen LogP contribution < -0.4 is 11.5 Å². The molecule has 0 unspecified atom stereocenters. The van der Waals surface area contributed by atoms with E-state index in [9.17, 15) is 0 Å². The molecular formula is C22H16N2. The van der Waals surface area contributed by atoms with E-state index < -0.39 is 0 Å². The van der Waals surface area contributed by atoms with E-state index >= 15 is 0 Å². The summed E-state index contributed by atoms with van der Waals surface area (Å²) in [5.41, 5.74) is 16.6. The topological polar surface area (TPSA) is 52.0 Å². The largest absolute Gasteiger partial charge is 0.399 e. The molecule has 0 saturated carbocycles. The van der Waals surface area contributed by atoms with E-state index in [1.807, 2.05) is 72.8 Å². The van der Waals surface area contributed by atoms with Crippen molar-refractivity contribution >= 4 is 11.4 Å². The molecule has 0 aliphatic heterocycles. The third-order valence-electron chi connectivity index (χ3n) is 3.41. The predicted molar refractivity (Wildman–Crippen MR) is 100 cm³/mol. The van der Waals surface area contributed by atoms with Crippen molar-refractivity contribution in [1.82, 2.24) is 0 Å². The molecule has 0 heterocycles. The molecule has 0 aliphatic rings. The molecule has 114 valence electrons. The molecule has 0 amide bonds. The fraction of sp³-hybridized carbons (Fsp3) is 0. The van der Waals surface area contributed by atoms with Gasteiger partial charge in [-0.05, 0) is 72.8 Å². The molecule has 0 bridgehead atoms. The molecule has 0 fully saturated rings. The highest BCUT2D eigenvalue weighted by Gasteiger charge is 1.91. The van der Waals surface area contributed by atoms with Crippen LogP contribution in [0.4, 0.5) is 11.4 Å². The van der Waals surface area contributed by atoms with Crippen LogP contribution in [0, 0.1) is 23.7 Å². The Labute approximate surface area is 142 Å². The van der Waals surface area contributed by atoms with Crippen LogP contribution in [-0.4, -0.2) is 0 Å². The molecule has 0 radical (unpaired) electrons. The molecule has 0 atom stereocenters. The molecule has 3 aromatic rings. The molecule has 4 N–H and O–H groups in total. The van der Waals surface area contributed by atoms with E-state index in [2.05, 4.69) is 23.7 Å². The molecule has 0 aromatic heterocycles. The summed E-state index contributed by atoms with van der Waals surface area (Å²) in [7, 11) is 0. The van der Waals surface area contributed by atoms with Crippen molar-refractivity contribution in [2.45, 2.75) is 0 Å². The van der Waals surface area contributed by atoms with Gasteiger partial charge in [0.2, 0.25) is 0 Å². The van der Waals surface area contributed by atoms with Gasteiger partial charge in [0, 0.05) is 33.6 Å². The van der Waals surface area contributed by atoms with Crippen LogP contribution in [0.1, 0.15) is 22.3 Å². The maximum Gasteiger partial charge on any atom is 0.0314 e. The lowest BCUT2D eigenvalue weighted by Gasteiger charge is -1.94. The van der Waals surface area contributed by atoms with Gasteiger partial charge in [-0.1, -0.05) is 23.7 Å². The van der Waals surface area contributed by atoms with Crippen LogP contribution in [0.5, 0.6) is 0 Å². The van der Waals surface area contributed by atoms with Gasteiger partial charge in [-0.2, -0.15) is 0 Å². The van der Waals surface area contributed by atoms with Crippen LogP contribution in [0.3, 0.4) is 0 Å². The summed E-state index contributed by atoms with van der Waals surface area (Å²) in [6, 6.07) is 22.9. The average molecular weight is 308 g/mol. The Morgan fingerprint density at radius 1 is 0.375 bits per heavy atom. The fourth-order valence-electron chi connectivity index (χ4n) is 2.06. The van der Waals surface area contributed by atoms with E-state index in [0.717, 1.165) is 33.6 Å². The standard InChI is InChI=1S/C22H16N2/c23-21-13-9-19(10-14-21)7-5-17-1-2-18(4-3-17)6-8-20-11-15-22(24)16-12-20/h1-4,9-16H,23-24H2. The predicted octanol–water partition coefficient (Wildman–Crippen LogP) is 3.65. The van der Waals surface area contributed by atoms with Crippen molar-refractivity contribution in [3.63, 3.8) is 0 Å². The molecule has 2 heteroatoms. The van der Waals surface area contributed by atoms with E-state index in [4.69, 9.17) is 11.5 Å². The van der Waals surface area contributed by atoms with Gasteiger partial charge in [0.05, 0.1) is 0 Å². The number of hydrogen-bond donors (Lipinski definition) is 2. The van der Waals surface area contributed by atoms with Crippen molar-refractivity contribution in [2.24, 2.45) is 0 Å². The Balaban J connectivity index is 1.72. The third-order valence-corrected chi connectivity index (χ3v) is 3.41. The minimum absolute atomic E-state index is 0.740. The van der Waals surface area contributed by atoms with Gasteiger partial charge >= 0.3 is 0 Å². The fourth-order valence-corrected chi connectivity index (χ4v) is 2.06. The molecule has 0 aliphatic carbocycles. The summed E-state index contributed by atoms with van der Waals surface area (Å²) in [5.74, 6) is 12.5. The number of nitrogen functional groups attached to an aromatic ring is 2. The molecule has 0 spiro atoms. The smallest absolute Gasteiger partial charge is 0.0314 e. The zero-order valence-corrected chi connectivity index (χ0v) is 13.1. The number of anilines is 2. The minimum Gasteiger partial charge on any atom is -0.399 e. The summed E-state index contributed by atoms with van der Waals surface area (Å²) in [6.45, 7) is 0. The number of hydrogen-bond acceptors (Lipinski definition) is 2. The summed E-state index contributed by atoms with van der Waals surface area (Å²) in [5, 5.41) is 0. The first-order valence-corrected chi connectivity index (χ1v) is 7.54.